The molecular formula is C11H10N4O2S. The molecule has 1 aliphatic heterocycles. The summed E-state index contributed by atoms with van der Waals surface area (Å²) in [7, 11) is 0. The lowest BCUT2D eigenvalue weighted by molar-refractivity contribution is -0.113. The monoisotopic (exact) mass is 262 g/mol. The van der Waals surface area contributed by atoms with Gasteiger partial charge in [-0.3, -0.25) is 4.79 Å². The van der Waals surface area contributed by atoms with Gasteiger partial charge in [-0.15, -0.1) is 11.8 Å². The predicted octanol–water partition coefficient (Wildman–Crippen LogP) is 1.24. The summed E-state index contributed by atoms with van der Waals surface area (Å²) in [4.78, 5) is 16.5. The second-order valence-corrected chi connectivity index (χ2v) is 4.78. The van der Waals surface area contributed by atoms with Crippen molar-refractivity contribution in [2.75, 3.05) is 11.1 Å². The van der Waals surface area contributed by atoms with Crippen LogP contribution in [0.25, 0.3) is 11.4 Å². The first-order chi connectivity index (χ1) is 8.76. The standard InChI is InChI=1S/C11H10N4O2S/c12-4-10-14-11(15-17-10)6-1-2-8-7(3-6)13-9(16)5-18-8/h1-3H,4-5,12H2,(H,13,16). The summed E-state index contributed by atoms with van der Waals surface area (Å²) in [6.07, 6.45) is 0. The van der Waals surface area contributed by atoms with Crippen molar-refractivity contribution >= 4 is 23.4 Å². The summed E-state index contributed by atoms with van der Waals surface area (Å²) in [5.41, 5.74) is 6.99. The summed E-state index contributed by atoms with van der Waals surface area (Å²) in [5, 5.41) is 6.66. The summed E-state index contributed by atoms with van der Waals surface area (Å²) in [6.45, 7) is 0.213. The van der Waals surface area contributed by atoms with Crippen molar-refractivity contribution < 1.29 is 9.32 Å². The molecule has 0 bridgehead atoms. The Kier molecular flexibility index (Phi) is 2.77. The number of nitrogens with one attached hydrogen (secondary N) is 1. The van der Waals surface area contributed by atoms with Crippen molar-refractivity contribution in [1.29, 1.82) is 0 Å². The van der Waals surface area contributed by atoms with Crippen molar-refractivity contribution in [3.63, 3.8) is 0 Å². The van der Waals surface area contributed by atoms with E-state index in [0.717, 1.165) is 16.1 Å². The molecule has 0 atom stereocenters. The molecule has 1 amide bonds. The molecule has 0 fully saturated rings. The molecule has 1 aromatic carbocycles. The lowest BCUT2D eigenvalue weighted by Gasteiger charge is -2.16. The van der Waals surface area contributed by atoms with Gasteiger partial charge in [-0.05, 0) is 18.2 Å². The van der Waals surface area contributed by atoms with Crippen molar-refractivity contribution in [3.8, 4) is 11.4 Å². The predicted molar refractivity (Wildman–Crippen MR) is 67.0 cm³/mol. The molecule has 18 heavy (non-hydrogen) atoms. The number of nitrogens with zero attached hydrogens (tertiary/aromatic N) is 2. The number of anilines is 1. The smallest absolute Gasteiger partial charge is 0.240 e. The molecule has 0 saturated heterocycles. The van der Waals surface area contributed by atoms with Crippen LogP contribution in [0.3, 0.4) is 0 Å². The van der Waals surface area contributed by atoms with E-state index in [4.69, 9.17) is 10.3 Å². The minimum atomic E-state index is 0.000379. The number of benzene rings is 1. The van der Waals surface area contributed by atoms with Gasteiger partial charge in [0, 0.05) is 10.5 Å². The third kappa shape index (κ3) is 1.98. The second kappa shape index (κ2) is 4.43. The number of carbonyl (C=O) groups is 1. The Morgan fingerprint density at radius 1 is 1.50 bits per heavy atom. The summed E-state index contributed by atoms with van der Waals surface area (Å²) < 4.78 is 4.95. The molecule has 92 valence electrons. The van der Waals surface area contributed by atoms with Gasteiger partial charge in [-0.2, -0.15) is 4.98 Å². The number of hydrogen-bond donors (Lipinski definition) is 2. The van der Waals surface area contributed by atoms with Crippen molar-refractivity contribution in [3.05, 3.63) is 24.1 Å². The lowest BCUT2D eigenvalue weighted by atomic mass is 10.2. The third-order valence-electron chi connectivity index (χ3n) is 2.51. The van der Waals surface area contributed by atoms with Crippen LogP contribution in [0, 0.1) is 0 Å². The average molecular weight is 262 g/mol. The number of rotatable bonds is 2. The number of hydrogen-bond acceptors (Lipinski definition) is 6. The molecule has 1 aromatic heterocycles. The maximum absolute atomic E-state index is 11.3. The molecule has 3 N–H and O–H groups in total. The average Bonchev–Trinajstić information content (AvgIpc) is 2.86. The van der Waals surface area contributed by atoms with Gasteiger partial charge >= 0.3 is 0 Å². The molecule has 6 nitrogen and oxygen atoms in total. The van der Waals surface area contributed by atoms with Crippen molar-refractivity contribution in [1.82, 2.24) is 10.1 Å². The number of amides is 1. The highest BCUT2D eigenvalue weighted by molar-refractivity contribution is 8.00. The van der Waals surface area contributed by atoms with Gasteiger partial charge in [0.1, 0.15) is 0 Å². The van der Waals surface area contributed by atoms with Crippen LogP contribution in [-0.2, 0) is 11.3 Å². The fourth-order valence-electron chi connectivity index (χ4n) is 1.68. The molecule has 7 heteroatoms. The molecule has 0 aliphatic carbocycles. The Morgan fingerprint density at radius 3 is 3.17 bits per heavy atom. The highest BCUT2D eigenvalue weighted by Gasteiger charge is 2.17. The zero-order valence-corrected chi connectivity index (χ0v) is 10.2. The van der Waals surface area contributed by atoms with Gasteiger partial charge in [0.25, 0.3) is 0 Å². The summed E-state index contributed by atoms with van der Waals surface area (Å²) in [6, 6.07) is 5.67. The van der Waals surface area contributed by atoms with Gasteiger partial charge in [0.2, 0.25) is 17.6 Å². The number of carbonyl (C=O) groups excluding carboxylic acids is 1. The molecule has 2 aromatic rings. The van der Waals surface area contributed by atoms with E-state index in [9.17, 15) is 4.79 Å². The molecule has 2 heterocycles. The van der Waals surface area contributed by atoms with Gasteiger partial charge < -0.3 is 15.6 Å². The van der Waals surface area contributed by atoms with E-state index in [0.29, 0.717) is 17.5 Å². The number of nitrogens with two attached hydrogens (primary N) is 1. The van der Waals surface area contributed by atoms with E-state index >= 15 is 0 Å². The quantitative estimate of drug-likeness (QED) is 0.845. The highest BCUT2D eigenvalue weighted by atomic mass is 32.2. The van der Waals surface area contributed by atoms with Gasteiger partial charge in [-0.25, -0.2) is 0 Å². The molecule has 0 spiro atoms. The lowest BCUT2D eigenvalue weighted by Crippen LogP contribution is -2.18. The summed E-state index contributed by atoms with van der Waals surface area (Å²) >= 11 is 1.51. The van der Waals surface area contributed by atoms with Crippen molar-refractivity contribution in [2.24, 2.45) is 5.73 Å². The maximum Gasteiger partial charge on any atom is 0.240 e. The Bertz CT molecular complexity index is 611. The van der Waals surface area contributed by atoms with E-state index in [2.05, 4.69) is 15.5 Å². The third-order valence-corrected chi connectivity index (χ3v) is 3.59. The zero-order chi connectivity index (χ0) is 12.5. The Morgan fingerprint density at radius 2 is 2.39 bits per heavy atom. The van der Waals surface area contributed by atoms with Crippen LogP contribution in [-0.4, -0.2) is 21.8 Å². The van der Waals surface area contributed by atoms with Crippen LogP contribution in [0.5, 0.6) is 0 Å². The van der Waals surface area contributed by atoms with Gasteiger partial charge in [0.15, 0.2) is 0 Å². The maximum atomic E-state index is 11.3. The number of aromatic nitrogens is 2. The first-order valence-corrected chi connectivity index (χ1v) is 6.34. The fraction of sp³-hybridized carbons (Fsp3) is 0.182. The van der Waals surface area contributed by atoms with E-state index in [1.165, 1.54) is 11.8 Å². The Labute approximate surface area is 107 Å². The van der Waals surface area contributed by atoms with Crippen LogP contribution in [0.1, 0.15) is 5.89 Å². The molecule has 3 rings (SSSR count). The first-order valence-electron chi connectivity index (χ1n) is 5.36. The number of thioether (sulfide) groups is 1. The molecule has 0 radical (unpaired) electrons. The van der Waals surface area contributed by atoms with Crippen LogP contribution in [0.2, 0.25) is 0 Å². The molecule has 0 unspecified atom stereocenters. The largest absolute Gasteiger partial charge is 0.338 e. The molecular weight excluding hydrogens is 252 g/mol. The number of fused-ring (bicyclic) bond motifs is 1. The molecule has 1 aliphatic rings. The van der Waals surface area contributed by atoms with Crippen molar-refractivity contribution in [2.45, 2.75) is 11.4 Å². The summed E-state index contributed by atoms with van der Waals surface area (Å²) in [5.74, 6) is 1.32. The second-order valence-electron chi connectivity index (χ2n) is 3.76. The van der Waals surface area contributed by atoms with Crippen LogP contribution < -0.4 is 11.1 Å². The van der Waals surface area contributed by atoms with E-state index in [1.807, 2.05) is 18.2 Å². The SMILES string of the molecule is NCc1nc(-c2ccc3c(c2)NC(=O)CS3)no1. The van der Waals surface area contributed by atoms with Crippen LogP contribution in [0.15, 0.2) is 27.6 Å². The Balaban J connectivity index is 1.98. The fourth-order valence-corrected chi connectivity index (χ4v) is 2.47. The van der Waals surface area contributed by atoms with Crippen LogP contribution >= 0.6 is 11.8 Å². The van der Waals surface area contributed by atoms with Gasteiger partial charge in [0.05, 0.1) is 18.0 Å². The topological polar surface area (TPSA) is 94.0 Å². The minimum absolute atomic E-state index is 0.000379. The van der Waals surface area contributed by atoms with E-state index in [1.54, 1.807) is 0 Å². The normalized spacial score (nSPS) is 14.2. The minimum Gasteiger partial charge on any atom is -0.338 e. The highest BCUT2D eigenvalue weighted by Crippen LogP contribution is 2.34. The van der Waals surface area contributed by atoms with Gasteiger partial charge in [-0.1, -0.05) is 5.16 Å². The Hall–Kier alpha value is -1.86. The van der Waals surface area contributed by atoms with E-state index < -0.39 is 0 Å². The van der Waals surface area contributed by atoms with E-state index in [-0.39, 0.29) is 12.5 Å². The zero-order valence-electron chi connectivity index (χ0n) is 9.34. The van der Waals surface area contributed by atoms with Crippen LogP contribution in [0.4, 0.5) is 5.69 Å². The molecule has 0 saturated carbocycles. The first kappa shape index (κ1) is 11.2.